The number of halogens is 4. The summed E-state index contributed by atoms with van der Waals surface area (Å²) in [7, 11) is 0. The number of rotatable bonds is 4. The minimum Gasteiger partial charge on any atom is -0.331 e. The van der Waals surface area contributed by atoms with E-state index < -0.39 is 11.7 Å². The highest BCUT2D eigenvalue weighted by Crippen LogP contribution is 2.37. The number of carbonyl (C=O) groups is 1. The van der Waals surface area contributed by atoms with Gasteiger partial charge in [0, 0.05) is 11.6 Å². The van der Waals surface area contributed by atoms with Crippen LogP contribution in [-0.4, -0.2) is 32.2 Å². The summed E-state index contributed by atoms with van der Waals surface area (Å²) in [6.07, 6.45) is 0.704. The van der Waals surface area contributed by atoms with Gasteiger partial charge in [-0.15, -0.1) is 0 Å². The smallest absolute Gasteiger partial charge is 0.331 e. The second-order valence-corrected chi connectivity index (χ2v) is 9.50. The number of alkyl halides is 3. The fourth-order valence-corrected chi connectivity index (χ4v) is 5.19. The van der Waals surface area contributed by atoms with E-state index in [1.165, 1.54) is 18.5 Å². The molecule has 35 heavy (non-hydrogen) atoms. The minimum atomic E-state index is -4.38. The van der Waals surface area contributed by atoms with Crippen LogP contribution in [0, 0.1) is 0 Å². The van der Waals surface area contributed by atoms with Crippen molar-refractivity contribution in [2.24, 2.45) is 0 Å². The van der Waals surface area contributed by atoms with E-state index in [9.17, 15) is 18.0 Å². The number of likely N-dealkylation sites (tertiary alicyclic amines) is 1. The number of urea groups is 1. The molecule has 2 atom stereocenters. The average molecular weight is 504 g/mol. The average Bonchev–Trinajstić information content (AvgIpc) is 3.49. The predicted molar refractivity (Wildman–Crippen MR) is 125 cm³/mol. The van der Waals surface area contributed by atoms with Crippen molar-refractivity contribution in [3.8, 4) is 0 Å². The molecule has 6 nitrogen and oxygen atoms in total. The van der Waals surface area contributed by atoms with Crippen LogP contribution < -0.4 is 5.32 Å². The second-order valence-electron chi connectivity index (χ2n) is 9.06. The van der Waals surface area contributed by atoms with Gasteiger partial charge in [0.25, 0.3) is 0 Å². The lowest BCUT2D eigenvalue weighted by Gasteiger charge is -2.31. The molecule has 2 amide bonds. The molecule has 1 aromatic heterocycles. The van der Waals surface area contributed by atoms with Crippen molar-refractivity contribution in [3.05, 3.63) is 81.9 Å². The Morgan fingerprint density at radius 3 is 2.69 bits per heavy atom. The fourth-order valence-electron chi connectivity index (χ4n) is 5.07. The molecule has 1 fully saturated rings. The molecule has 0 bridgehead atoms. The lowest BCUT2D eigenvalue weighted by molar-refractivity contribution is -0.137. The highest BCUT2D eigenvalue weighted by molar-refractivity contribution is 6.30. The summed E-state index contributed by atoms with van der Waals surface area (Å²) in [5, 5.41) is 8.10. The molecule has 5 rings (SSSR count). The first-order chi connectivity index (χ1) is 16.8. The van der Waals surface area contributed by atoms with Crippen molar-refractivity contribution in [2.45, 2.75) is 56.9 Å². The second kappa shape index (κ2) is 9.53. The maximum absolute atomic E-state index is 13.3. The molecule has 1 N–H and O–H groups in total. The number of carbonyl (C=O) groups excluding carboxylic acids is 1. The van der Waals surface area contributed by atoms with Gasteiger partial charge in [0.2, 0.25) is 0 Å². The van der Waals surface area contributed by atoms with E-state index in [-0.39, 0.29) is 18.1 Å². The summed E-state index contributed by atoms with van der Waals surface area (Å²) < 4.78 is 41.2. The first kappa shape index (κ1) is 23.7. The van der Waals surface area contributed by atoms with Gasteiger partial charge in [-0.3, -0.25) is 0 Å². The third-order valence-electron chi connectivity index (χ3n) is 6.79. The zero-order valence-corrected chi connectivity index (χ0v) is 19.7. The molecule has 1 aliphatic carbocycles. The Kier molecular flexibility index (Phi) is 6.44. The molecular weight excluding hydrogens is 479 g/mol. The highest BCUT2D eigenvalue weighted by Gasteiger charge is 2.36. The van der Waals surface area contributed by atoms with Crippen LogP contribution in [0.25, 0.3) is 0 Å². The number of benzene rings is 2. The minimum absolute atomic E-state index is 0.222. The SMILES string of the molecule is O=C(NC1CCCc2cc(C(F)(F)F)ccc21)N1CCC[C@@H]1c1ncnn1Cc1ccc(Cl)cc1. The molecule has 1 aliphatic heterocycles. The number of fused-ring (bicyclic) bond motifs is 1. The molecule has 2 aromatic carbocycles. The number of aromatic nitrogens is 3. The van der Waals surface area contributed by atoms with Gasteiger partial charge in [-0.2, -0.15) is 18.3 Å². The van der Waals surface area contributed by atoms with E-state index in [1.807, 2.05) is 24.3 Å². The first-order valence-corrected chi connectivity index (χ1v) is 12.1. The lowest BCUT2D eigenvalue weighted by Crippen LogP contribution is -2.42. The molecule has 0 spiro atoms. The quantitative estimate of drug-likeness (QED) is 0.480. The number of amides is 2. The number of nitrogens with zero attached hydrogens (tertiary/aromatic N) is 4. The van der Waals surface area contributed by atoms with E-state index in [1.54, 1.807) is 9.58 Å². The van der Waals surface area contributed by atoms with E-state index in [4.69, 9.17) is 11.6 Å². The topological polar surface area (TPSA) is 63.1 Å². The zero-order chi connectivity index (χ0) is 24.6. The van der Waals surface area contributed by atoms with Crippen LogP contribution in [-0.2, 0) is 19.1 Å². The summed E-state index contributed by atoms with van der Waals surface area (Å²) in [5.74, 6) is 0.714. The normalized spacial score (nSPS) is 20.1. The van der Waals surface area contributed by atoms with Crippen LogP contribution in [0.4, 0.5) is 18.0 Å². The predicted octanol–water partition coefficient (Wildman–Crippen LogP) is 5.92. The number of hydrogen-bond donors (Lipinski definition) is 1. The monoisotopic (exact) mass is 503 g/mol. The Morgan fingerprint density at radius 1 is 1.11 bits per heavy atom. The van der Waals surface area contributed by atoms with Gasteiger partial charge in [-0.05, 0) is 73.1 Å². The Labute approximate surface area is 206 Å². The maximum Gasteiger partial charge on any atom is 0.416 e. The Balaban J connectivity index is 1.32. The maximum atomic E-state index is 13.3. The van der Waals surface area contributed by atoms with Crippen LogP contribution >= 0.6 is 11.6 Å². The third kappa shape index (κ3) is 5.00. The Hall–Kier alpha value is -3.07. The molecular formula is C25H25ClF3N5O. The molecule has 184 valence electrons. The van der Waals surface area contributed by atoms with Gasteiger partial charge in [0.1, 0.15) is 12.2 Å². The van der Waals surface area contributed by atoms with Crippen molar-refractivity contribution in [1.29, 1.82) is 0 Å². The van der Waals surface area contributed by atoms with Crippen LogP contribution in [0.5, 0.6) is 0 Å². The molecule has 0 radical (unpaired) electrons. The molecule has 10 heteroatoms. The van der Waals surface area contributed by atoms with Crippen LogP contribution in [0.15, 0.2) is 48.8 Å². The van der Waals surface area contributed by atoms with Crippen molar-refractivity contribution >= 4 is 17.6 Å². The summed E-state index contributed by atoms with van der Waals surface area (Å²) in [4.78, 5) is 19.5. The van der Waals surface area contributed by atoms with E-state index >= 15 is 0 Å². The van der Waals surface area contributed by atoms with Crippen molar-refractivity contribution in [1.82, 2.24) is 25.0 Å². The first-order valence-electron chi connectivity index (χ1n) is 11.7. The van der Waals surface area contributed by atoms with Crippen LogP contribution in [0.1, 0.15) is 65.8 Å². The summed E-state index contributed by atoms with van der Waals surface area (Å²) in [5.41, 5.74) is 1.78. The molecule has 3 aromatic rings. The number of nitrogens with one attached hydrogen (secondary N) is 1. The number of aryl methyl sites for hydroxylation is 1. The Bertz CT molecular complexity index is 1210. The van der Waals surface area contributed by atoms with Gasteiger partial charge in [-0.25, -0.2) is 14.5 Å². The Morgan fingerprint density at radius 2 is 1.91 bits per heavy atom. The zero-order valence-electron chi connectivity index (χ0n) is 18.9. The van der Waals surface area contributed by atoms with Crippen molar-refractivity contribution in [3.63, 3.8) is 0 Å². The molecule has 0 saturated carbocycles. The van der Waals surface area contributed by atoms with Gasteiger partial charge in [0.15, 0.2) is 0 Å². The van der Waals surface area contributed by atoms with Crippen molar-refractivity contribution < 1.29 is 18.0 Å². The third-order valence-corrected chi connectivity index (χ3v) is 7.04. The van der Waals surface area contributed by atoms with Gasteiger partial charge >= 0.3 is 12.2 Å². The number of hydrogen-bond acceptors (Lipinski definition) is 3. The van der Waals surface area contributed by atoms with Gasteiger partial charge in [-0.1, -0.05) is 29.8 Å². The summed E-state index contributed by atoms with van der Waals surface area (Å²) in [6, 6.07) is 10.5. The van der Waals surface area contributed by atoms with Crippen LogP contribution in [0.2, 0.25) is 5.02 Å². The van der Waals surface area contributed by atoms with Crippen molar-refractivity contribution in [2.75, 3.05) is 6.54 Å². The molecule has 1 saturated heterocycles. The van der Waals surface area contributed by atoms with Crippen LogP contribution in [0.3, 0.4) is 0 Å². The van der Waals surface area contributed by atoms with E-state index in [2.05, 4.69) is 15.4 Å². The largest absolute Gasteiger partial charge is 0.416 e. The van der Waals surface area contributed by atoms with E-state index in [0.717, 1.165) is 36.5 Å². The van der Waals surface area contributed by atoms with E-state index in [0.29, 0.717) is 42.3 Å². The molecule has 2 aliphatic rings. The fraction of sp³-hybridized carbons (Fsp3) is 0.400. The van der Waals surface area contributed by atoms with Gasteiger partial charge in [0.05, 0.1) is 24.2 Å². The molecule has 1 unspecified atom stereocenters. The molecule has 2 heterocycles. The standard InChI is InChI=1S/C25H25ClF3N5O/c26-19-9-6-16(7-10-19)14-34-23(30-15-31-34)22-5-2-12-33(22)24(35)32-21-4-1-3-17-13-18(25(27,28)29)8-11-20(17)21/h6-11,13,15,21-22H,1-5,12,14H2,(H,32,35)/t21?,22-/m1/s1. The summed E-state index contributed by atoms with van der Waals surface area (Å²) in [6.45, 7) is 1.09. The summed E-state index contributed by atoms with van der Waals surface area (Å²) >= 11 is 5.99. The van der Waals surface area contributed by atoms with Gasteiger partial charge < -0.3 is 10.2 Å². The lowest BCUT2D eigenvalue weighted by atomic mass is 9.86. The highest BCUT2D eigenvalue weighted by atomic mass is 35.5.